The largest absolute Gasteiger partial charge is 0.493 e. The predicted octanol–water partition coefficient (Wildman–Crippen LogP) is 3.82. The van der Waals surface area contributed by atoms with Gasteiger partial charge in [-0.3, -0.25) is 14.7 Å². The lowest BCUT2D eigenvalue weighted by Gasteiger charge is -2.40. The molecule has 1 aromatic heterocycles. The highest BCUT2D eigenvalue weighted by Gasteiger charge is 2.36. The van der Waals surface area contributed by atoms with Crippen LogP contribution in [0.15, 0.2) is 54.7 Å². The summed E-state index contributed by atoms with van der Waals surface area (Å²) in [4.78, 5) is 18.0. The normalized spacial score (nSPS) is 17.2. The van der Waals surface area contributed by atoms with Gasteiger partial charge in [-0.25, -0.2) is 0 Å². The summed E-state index contributed by atoms with van der Waals surface area (Å²) in [5, 5.41) is 22.9. The van der Waals surface area contributed by atoms with Crippen LogP contribution < -0.4 is 4.74 Å². The van der Waals surface area contributed by atoms with Crippen molar-refractivity contribution in [2.45, 2.75) is 44.9 Å². The number of benzene rings is 2. The lowest BCUT2D eigenvalue weighted by atomic mass is 9.84. The van der Waals surface area contributed by atoms with E-state index in [1.807, 2.05) is 48.2 Å². The summed E-state index contributed by atoms with van der Waals surface area (Å²) in [5.74, 6) is 0.749. The summed E-state index contributed by atoms with van der Waals surface area (Å²) in [7, 11) is 0. The molecular formula is C26H30N2O4. The van der Waals surface area contributed by atoms with Crippen molar-refractivity contribution in [1.29, 1.82) is 0 Å². The number of pyridine rings is 1. The zero-order valence-electron chi connectivity index (χ0n) is 18.6. The van der Waals surface area contributed by atoms with Crippen molar-refractivity contribution >= 4 is 16.7 Å². The number of hydrogen-bond donors (Lipinski definition) is 2. The molecule has 1 atom stereocenters. The highest BCUT2D eigenvalue weighted by atomic mass is 16.5. The van der Waals surface area contributed by atoms with Crippen molar-refractivity contribution in [2.24, 2.45) is 0 Å². The summed E-state index contributed by atoms with van der Waals surface area (Å²) in [6.45, 7) is 5.01. The zero-order valence-corrected chi connectivity index (χ0v) is 18.6. The Bertz CT molecular complexity index is 1110. The Labute approximate surface area is 188 Å². The minimum Gasteiger partial charge on any atom is -0.493 e. The van der Waals surface area contributed by atoms with E-state index in [-0.39, 0.29) is 5.78 Å². The zero-order chi connectivity index (χ0) is 22.7. The number of Topliss-reactive ketones (excluding diaryl/α,β-unsaturated/α-hetero) is 1. The molecule has 0 aliphatic carbocycles. The van der Waals surface area contributed by atoms with Crippen molar-refractivity contribution in [2.75, 3.05) is 19.7 Å². The first-order chi connectivity index (χ1) is 15.4. The van der Waals surface area contributed by atoms with Gasteiger partial charge in [-0.1, -0.05) is 18.2 Å². The Kier molecular flexibility index (Phi) is 6.55. The topological polar surface area (TPSA) is 82.9 Å². The third kappa shape index (κ3) is 4.83. The fourth-order valence-electron chi connectivity index (χ4n) is 4.29. The van der Waals surface area contributed by atoms with Crippen molar-refractivity contribution in [3.8, 4) is 5.75 Å². The van der Waals surface area contributed by atoms with E-state index in [1.54, 1.807) is 25.3 Å². The molecule has 3 aromatic rings. The number of rotatable bonds is 7. The molecule has 0 spiro atoms. The second kappa shape index (κ2) is 9.36. The lowest BCUT2D eigenvalue weighted by molar-refractivity contribution is -0.0819. The van der Waals surface area contributed by atoms with Crippen LogP contribution in [0.25, 0.3) is 10.9 Å². The molecule has 6 nitrogen and oxygen atoms in total. The molecule has 1 fully saturated rings. The summed E-state index contributed by atoms with van der Waals surface area (Å²) < 4.78 is 5.83. The first-order valence-corrected chi connectivity index (χ1v) is 11.1. The third-order valence-electron chi connectivity index (χ3n) is 6.39. The fraction of sp³-hybridized carbons (Fsp3) is 0.385. The van der Waals surface area contributed by atoms with Crippen molar-refractivity contribution < 1.29 is 19.7 Å². The molecule has 2 aromatic carbocycles. The maximum Gasteiger partial charge on any atom is 0.159 e. The highest BCUT2D eigenvalue weighted by Crippen LogP contribution is 2.34. The molecule has 2 N–H and O–H groups in total. The molecule has 0 unspecified atom stereocenters. The number of piperidine rings is 1. The van der Waals surface area contributed by atoms with Gasteiger partial charge in [-0.15, -0.1) is 0 Å². The third-order valence-corrected chi connectivity index (χ3v) is 6.39. The second-order valence-corrected chi connectivity index (χ2v) is 8.64. The Balaban J connectivity index is 1.30. The number of aryl methyl sites for hydroxylation is 1. The molecule has 1 saturated heterocycles. The van der Waals surface area contributed by atoms with Crippen LogP contribution >= 0.6 is 0 Å². The summed E-state index contributed by atoms with van der Waals surface area (Å²) >= 11 is 0. The number of hydrogen-bond acceptors (Lipinski definition) is 6. The van der Waals surface area contributed by atoms with Gasteiger partial charge in [0.1, 0.15) is 12.0 Å². The number of aromatic nitrogens is 1. The van der Waals surface area contributed by atoms with Crippen LogP contribution in [-0.4, -0.2) is 51.8 Å². The number of aliphatic hydroxyl groups is 2. The van der Waals surface area contributed by atoms with Crippen molar-refractivity contribution in [3.63, 3.8) is 0 Å². The second-order valence-electron chi connectivity index (χ2n) is 8.64. The summed E-state index contributed by atoms with van der Waals surface area (Å²) in [5.41, 5.74) is 2.38. The Hall–Kier alpha value is -2.80. The highest BCUT2D eigenvalue weighted by molar-refractivity contribution is 5.94. The van der Waals surface area contributed by atoms with E-state index >= 15 is 0 Å². The molecule has 1 aliphatic heterocycles. The van der Waals surface area contributed by atoms with E-state index in [2.05, 4.69) is 4.98 Å². The number of likely N-dealkylation sites (tertiary alicyclic amines) is 1. The summed E-state index contributed by atoms with van der Waals surface area (Å²) in [6, 6.07) is 15.3. The molecule has 4 rings (SSSR count). The number of para-hydroxylation sites is 1. The van der Waals surface area contributed by atoms with Gasteiger partial charge in [-0.05, 0) is 62.6 Å². The van der Waals surface area contributed by atoms with E-state index < -0.39 is 11.8 Å². The van der Waals surface area contributed by atoms with Gasteiger partial charge in [-0.2, -0.15) is 0 Å². The van der Waals surface area contributed by atoms with Gasteiger partial charge in [0.2, 0.25) is 0 Å². The maximum atomic E-state index is 11.5. The first-order valence-electron chi connectivity index (χ1n) is 11.1. The SMILES string of the molecule is CC(=O)c1ccc(OCC[C@H](O)N2CCC(O)(c3cnc4ccccc4c3)CC2)c(C)c1. The maximum absolute atomic E-state index is 11.5. The van der Waals surface area contributed by atoms with E-state index in [9.17, 15) is 15.0 Å². The van der Waals surface area contributed by atoms with Crippen LogP contribution in [0.2, 0.25) is 0 Å². The lowest BCUT2D eigenvalue weighted by Crippen LogP contribution is -2.47. The fourth-order valence-corrected chi connectivity index (χ4v) is 4.29. The van der Waals surface area contributed by atoms with Crippen LogP contribution in [0, 0.1) is 6.92 Å². The van der Waals surface area contributed by atoms with Gasteiger partial charge >= 0.3 is 0 Å². The van der Waals surface area contributed by atoms with Crippen LogP contribution in [0.1, 0.15) is 47.7 Å². The van der Waals surface area contributed by atoms with Gasteiger partial charge in [0.05, 0.1) is 17.7 Å². The number of ketones is 1. The Morgan fingerprint density at radius 3 is 2.66 bits per heavy atom. The average molecular weight is 435 g/mol. The van der Waals surface area contributed by atoms with E-state index in [1.165, 1.54) is 0 Å². The Morgan fingerprint density at radius 2 is 1.94 bits per heavy atom. The minimum atomic E-state index is -0.931. The smallest absolute Gasteiger partial charge is 0.159 e. The van der Waals surface area contributed by atoms with E-state index in [4.69, 9.17) is 4.74 Å². The predicted molar refractivity (Wildman–Crippen MR) is 124 cm³/mol. The van der Waals surface area contributed by atoms with Gasteiger partial charge in [0.15, 0.2) is 5.78 Å². The number of aliphatic hydroxyl groups excluding tert-OH is 1. The number of carbonyl (C=O) groups is 1. The molecule has 1 aliphatic rings. The number of nitrogens with zero attached hydrogens (tertiary/aromatic N) is 2. The van der Waals surface area contributed by atoms with E-state index in [0.29, 0.717) is 44.5 Å². The quantitative estimate of drug-likeness (QED) is 0.550. The number of carbonyl (C=O) groups excluding carboxylic acids is 1. The van der Waals surface area contributed by atoms with Crippen LogP contribution in [0.3, 0.4) is 0 Å². The Morgan fingerprint density at radius 1 is 1.19 bits per heavy atom. The standard InChI is InChI=1S/C26H30N2O4/c1-18-15-20(19(2)29)7-8-24(18)32-14-9-25(30)28-12-10-26(31,11-13-28)22-16-21-5-3-4-6-23(21)27-17-22/h3-8,15-17,25,30-31H,9-14H2,1-2H3/t25-/m0/s1. The number of ether oxygens (including phenoxy) is 1. The van der Waals surface area contributed by atoms with Gasteiger partial charge in [0, 0.05) is 42.2 Å². The summed E-state index contributed by atoms with van der Waals surface area (Å²) in [6.07, 6.45) is 2.67. The van der Waals surface area contributed by atoms with Gasteiger partial charge in [0.25, 0.3) is 0 Å². The molecule has 0 amide bonds. The van der Waals surface area contributed by atoms with Crippen molar-refractivity contribution in [1.82, 2.24) is 9.88 Å². The molecule has 168 valence electrons. The molecule has 0 saturated carbocycles. The number of fused-ring (bicyclic) bond motifs is 1. The molecule has 0 radical (unpaired) electrons. The minimum absolute atomic E-state index is 0.0274. The monoisotopic (exact) mass is 434 g/mol. The average Bonchev–Trinajstić information content (AvgIpc) is 2.80. The molecular weight excluding hydrogens is 404 g/mol. The van der Waals surface area contributed by atoms with Crippen LogP contribution in [0.5, 0.6) is 5.75 Å². The molecule has 2 heterocycles. The molecule has 6 heteroatoms. The molecule has 32 heavy (non-hydrogen) atoms. The van der Waals surface area contributed by atoms with E-state index in [0.717, 1.165) is 27.8 Å². The van der Waals surface area contributed by atoms with Gasteiger partial charge < -0.3 is 14.9 Å². The van der Waals surface area contributed by atoms with Crippen molar-refractivity contribution in [3.05, 3.63) is 71.4 Å². The first kappa shape index (κ1) is 22.4. The van der Waals surface area contributed by atoms with Crippen LogP contribution in [0.4, 0.5) is 0 Å². The van der Waals surface area contributed by atoms with Crippen LogP contribution in [-0.2, 0) is 5.60 Å². The molecule has 0 bridgehead atoms.